The highest BCUT2D eigenvalue weighted by molar-refractivity contribution is 7.90. The van der Waals surface area contributed by atoms with E-state index in [-0.39, 0.29) is 10.9 Å². The molecule has 6 nitrogen and oxygen atoms in total. The Morgan fingerprint density at radius 2 is 1.83 bits per heavy atom. The van der Waals surface area contributed by atoms with Crippen molar-refractivity contribution in [2.75, 3.05) is 31.8 Å². The van der Waals surface area contributed by atoms with E-state index in [4.69, 9.17) is 4.74 Å². The molecule has 24 heavy (non-hydrogen) atoms. The van der Waals surface area contributed by atoms with Crippen molar-refractivity contribution in [3.05, 3.63) is 54.6 Å². The van der Waals surface area contributed by atoms with Crippen LogP contribution in [-0.2, 0) is 9.84 Å². The molecule has 0 aliphatic rings. The Kier molecular flexibility index (Phi) is 5.81. The normalized spacial score (nSPS) is 10.9. The second-order valence-electron chi connectivity index (χ2n) is 5.31. The number of amides is 2. The Morgan fingerprint density at radius 3 is 2.50 bits per heavy atom. The van der Waals surface area contributed by atoms with Gasteiger partial charge in [0.1, 0.15) is 12.4 Å². The summed E-state index contributed by atoms with van der Waals surface area (Å²) in [6.45, 7) is 0.754. The first kappa shape index (κ1) is 17.8. The third-order valence-electron chi connectivity index (χ3n) is 3.30. The second kappa shape index (κ2) is 7.83. The maximum atomic E-state index is 12.1. The molecule has 0 atom stereocenters. The Hall–Kier alpha value is -2.54. The average Bonchev–Trinajstić information content (AvgIpc) is 2.55. The van der Waals surface area contributed by atoms with E-state index < -0.39 is 9.84 Å². The number of likely N-dealkylation sites (N-methyl/N-ethyl adjacent to an activating group) is 1. The van der Waals surface area contributed by atoms with E-state index in [0.29, 0.717) is 18.8 Å². The third kappa shape index (κ3) is 5.27. The second-order valence-corrected chi connectivity index (χ2v) is 7.33. The number of sulfone groups is 1. The van der Waals surface area contributed by atoms with Gasteiger partial charge in [-0.2, -0.15) is 0 Å². The molecule has 0 saturated heterocycles. The van der Waals surface area contributed by atoms with Crippen LogP contribution in [0.15, 0.2) is 59.5 Å². The molecule has 0 bridgehead atoms. The molecule has 7 heteroatoms. The number of hydrogen-bond donors (Lipinski definition) is 1. The molecular formula is C17H20N2O4S. The summed E-state index contributed by atoms with van der Waals surface area (Å²) in [4.78, 5) is 13.8. The van der Waals surface area contributed by atoms with Crippen molar-refractivity contribution < 1.29 is 17.9 Å². The molecule has 0 saturated carbocycles. The van der Waals surface area contributed by atoms with Crippen LogP contribution >= 0.6 is 0 Å². The first-order chi connectivity index (χ1) is 11.4. The van der Waals surface area contributed by atoms with Crippen LogP contribution in [0.5, 0.6) is 5.75 Å². The molecule has 2 rings (SSSR count). The summed E-state index contributed by atoms with van der Waals surface area (Å²) in [5.41, 5.74) is 0.429. The van der Waals surface area contributed by atoms with E-state index in [1.165, 1.54) is 17.0 Å². The largest absolute Gasteiger partial charge is 0.492 e. The molecule has 0 fully saturated rings. The van der Waals surface area contributed by atoms with Crippen LogP contribution in [0, 0.1) is 0 Å². The minimum Gasteiger partial charge on any atom is -0.492 e. The number of carbonyl (C=O) groups is 1. The van der Waals surface area contributed by atoms with E-state index in [0.717, 1.165) is 12.0 Å². The number of nitrogens with one attached hydrogen (secondary N) is 1. The van der Waals surface area contributed by atoms with Crippen molar-refractivity contribution in [3.8, 4) is 5.75 Å². The Bertz CT molecular complexity index is 791. The van der Waals surface area contributed by atoms with Gasteiger partial charge in [0.25, 0.3) is 0 Å². The fourth-order valence-corrected chi connectivity index (χ4v) is 2.61. The van der Waals surface area contributed by atoms with Gasteiger partial charge >= 0.3 is 6.03 Å². The number of urea groups is 1. The zero-order valence-electron chi connectivity index (χ0n) is 13.6. The highest BCUT2D eigenvalue weighted by atomic mass is 32.2. The number of rotatable bonds is 6. The molecule has 0 radical (unpaired) electrons. The van der Waals surface area contributed by atoms with Gasteiger partial charge in [-0.15, -0.1) is 0 Å². The summed E-state index contributed by atoms with van der Waals surface area (Å²) in [5.74, 6) is 0.743. The number of nitrogens with zero attached hydrogens (tertiary/aromatic N) is 1. The van der Waals surface area contributed by atoms with Gasteiger partial charge in [0, 0.05) is 19.0 Å². The lowest BCUT2D eigenvalue weighted by Gasteiger charge is -2.18. The summed E-state index contributed by atoms with van der Waals surface area (Å²) in [6.07, 6.45) is 1.13. The Balaban J connectivity index is 1.87. The van der Waals surface area contributed by atoms with E-state index in [1.807, 2.05) is 30.3 Å². The van der Waals surface area contributed by atoms with Crippen molar-refractivity contribution in [3.63, 3.8) is 0 Å². The smallest absolute Gasteiger partial charge is 0.321 e. The quantitative estimate of drug-likeness (QED) is 0.871. The van der Waals surface area contributed by atoms with Crippen molar-refractivity contribution in [2.45, 2.75) is 4.90 Å². The van der Waals surface area contributed by atoms with Crippen LogP contribution < -0.4 is 10.1 Å². The monoisotopic (exact) mass is 348 g/mol. The Labute approximate surface area is 142 Å². The lowest BCUT2D eigenvalue weighted by atomic mass is 10.3. The fourth-order valence-electron chi connectivity index (χ4n) is 1.94. The minimum atomic E-state index is -3.31. The van der Waals surface area contributed by atoms with Crippen molar-refractivity contribution in [2.24, 2.45) is 0 Å². The summed E-state index contributed by atoms with van der Waals surface area (Å²) < 4.78 is 28.6. The first-order valence-electron chi connectivity index (χ1n) is 7.36. The van der Waals surface area contributed by atoms with E-state index >= 15 is 0 Å². The standard InChI is InChI=1S/C17H20N2O4S/c1-19(11-12-23-15-8-4-3-5-9-15)17(20)18-14-7-6-10-16(13-14)24(2,21)22/h3-10,13H,11-12H2,1-2H3,(H,18,20). The molecule has 2 amide bonds. The maximum absolute atomic E-state index is 12.1. The summed E-state index contributed by atoms with van der Waals surface area (Å²) in [6, 6.07) is 15.2. The van der Waals surface area contributed by atoms with Gasteiger partial charge in [0.15, 0.2) is 9.84 Å². The number of carbonyl (C=O) groups excluding carboxylic acids is 1. The zero-order chi connectivity index (χ0) is 17.6. The van der Waals surface area contributed by atoms with Crippen LogP contribution in [0.25, 0.3) is 0 Å². The average molecular weight is 348 g/mol. The van der Waals surface area contributed by atoms with E-state index in [1.54, 1.807) is 19.2 Å². The summed E-state index contributed by atoms with van der Waals surface area (Å²) in [7, 11) is -1.67. The third-order valence-corrected chi connectivity index (χ3v) is 4.41. The van der Waals surface area contributed by atoms with E-state index in [2.05, 4.69) is 5.32 Å². The number of anilines is 1. The zero-order valence-corrected chi connectivity index (χ0v) is 14.4. The van der Waals surface area contributed by atoms with Gasteiger partial charge in [-0.3, -0.25) is 0 Å². The molecule has 2 aromatic carbocycles. The first-order valence-corrected chi connectivity index (χ1v) is 9.25. The SMILES string of the molecule is CN(CCOc1ccccc1)C(=O)Nc1cccc(S(C)(=O)=O)c1. The predicted molar refractivity (Wildman–Crippen MR) is 93.1 cm³/mol. The van der Waals surface area contributed by atoms with Crippen LogP contribution in [0.4, 0.5) is 10.5 Å². The van der Waals surface area contributed by atoms with Gasteiger partial charge in [-0.1, -0.05) is 24.3 Å². The topological polar surface area (TPSA) is 75.7 Å². The molecule has 1 N–H and O–H groups in total. The van der Waals surface area contributed by atoms with Crippen molar-refractivity contribution in [1.29, 1.82) is 0 Å². The maximum Gasteiger partial charge on any atom is 0.321 e. The highest BCUT2D eigenvalue weighted by Gasteiger charge is 2.11. The van der Waals surface area contributed by atoms with Gasteiger partial charge in [0.2, 0.25) is 0 Å². The van der Waals surface area contributed by atoms with Crippen LogP contribution in [0.2, 0.25) is 0 Å². The molecule has 128 valence electrons. The van der Waals surface area contributed by atoms with Gasteiger partial charge < -0.3 is 15.0 Å². The molecule has 0 unspecified atom stereocenters. The van der Waals surface area contributed by atoms with Gasteiger partial charge in [0.05, 0.1) is 11.4 Å². The summed E-state index contributed by atoms with van der Waals surface area (Å²) >= 11 is 0. The minimum absolute atomic E-state index is 0.162. The molecule has 0 aliphatic heterocycles. The summed E-state index contributed by atoms with van der Waals surface area (Å²) in [5, 5.41) is 2.67. The predicted octanol–water partition coefficient (Wildman–Crippen LogP) is 2.63. The fraction of sp³-hybridized carbons (Fsp3) is 0.235. The molecule has 0 spiro atoms. The molecule has 2 aromatic rings. The van der Waals surface area contributed by atoms with Gasteiger partial charge in [-0.25, -0.2) is 13.2 Å². The van der Waals surface area contributed by atoms with Gasteiger partial charge in [-0.05, 0) is 30.3 Å². The number of ether oxygens (including phenoxy) is 1. The van der Waals surface area contributed by atoms with Crippen LogP contribution in [-0.4, -0.2) is 45.8 Å². The Morgan fingerprint density at radius 1 is 1.12 bits per heavy atom. The van der Waals surface area contributed by atoms with Crippen molar-refractivity contribution in [1.82, 2.24) is 4.90 Å². The number of para-hydroxylation sites is 1. The number of benzene rings is 2. The molecular weight excluding hydrogens is 328 g/mol. The van der Waals surface area contributed by atoms with Crippen LogP contribution in [0.1, 0.15) is 0 Å². The molecule has 0 aliphatic carbocycles. The van der Waals surface area contributed by atoms with Crippen LogP contribution in [0.3, 0.4) is 0 Å². The molecule has 0 aromatic heterocycles. The molecule has 0 heterocycles. The number of hydrogen-bond acceptors (Lipinski definition) is 4. The van der Waals surface area contributed by atoms with Crippen molar-refractivity contribution >= 4 is 21.6 Å². The van der Waals surface area contributed by atoms with E-state index in [9.17, 15) is 13.2 Å². The highest BCUT2D eigenvalue weighted by Crippen LogP contribution is 2.15. The lowest BCUT2D eigenvalue weighted by Crippen LogP contribution is -2.34. The lowest BCUT2D eigenvalue weighted by molar-refractivity contribution is 0.207.